The Morgan fingerprint density at radius 1 is 1.18 bits per heavy atom. The van der Waals surface area contributed by atoms with Crippen molar-refractivity contribution >= 4 is 12.0 Å². The molecule has 1 unspecified atom stereocenters. The highest BCUT2D eigenvalue weighted by atomic mass is 16.4. The zero-order valence-electron chi connectivity index (χ0n) is 11.4. The molecule has 0 aliphatic heterocycles. The van der Waals surface area contributed by atoms with Gasteiger partial charge in [-0.3, -0.25) is 4.79 Å². The van der Waals surface area contributed by atoms with Crippen molar-refractivity contribution in [1.29, 1.82) is 0 Å². The predicted octanol–water partition coefficient (Wildman–Crippen LogP) is 1.78. The fraction of sp³-hybridized carbons (Fsp3) is 0.833. The zero-order chi connectivity index (χ0) is 13.6. The normalized spacial score (nSPS) is 12.6. The van der Waals surface area contributed by atoms with Crippen LogP contribution in [0.15, 0.2) is 0 Å². The Balaban J connectivity index is 4.29. The van der Waals surface area contributed by atoms with Gasteiger partial charge >= 0.3 is 12.0 Å². The zero-order valence-corrected chi connectivity index (χ0v) is 11.4. The van der Waals surface area contributed by atoms with Crippen molar-refractivity contribution in [3.8, 4) is 0 Å². The lowest BCUT2D eigenvalue weighted by molar-refractivity contribution is -0.140. The van der Waals surface area contributed by atoms with Crippen molar-refractivity contribution in [2.75, 3.05) is 13.1 Å². The third-order valence-electron chi connectivity index (χ3n) is 2.43. The molecule has 0 aliphatic carbocycles. The maximum atomic E-state index is 11.9. The van der Waals surface area contributed by atoms with E-state index in [0.717, 1.165) is 0 Å². The first-order chi connectivity index (χ1) is 7.75. The molecule has 0 heterocycles. The summed E-state index contributed by atoms with van der Waals surface area (Å²) >= 11 is 0. The monoisotopic (exact) mass is 244 g/mol. The summed E-state index contributed by atoms with van der Waals surface area (Å²) in [6, 6.07) is -0.0839. The summed E-state index contributed by atoms with van der Waals surface area (Å²) in [6.07, 6.45) is 0. The number of urea groups is 1. The van der Waals surface area contributed by atoms with E-state index in [1.807, 2.05) is 27.7 Å². The number of carbonyl (C=O) groups is 2. The third-order valence-corrected chi connectivity index (χ3v) is 2.43. The summed E-state index contributed by atoms with van der Waals surface area (Å²) in [5.41, 5.74) is 0. The van der Waals surface area contributed by atoms with Gasteiger partial charge in [-0.25, -0.2) is 4.79 Å². The van der Waals surface area contributed by atoms with Gasteiger partial charge in [-0.05, 0) is 19.8 Å². The van der Waals surface area contributed by atoms with E-state index >= 15 is 0 Å². The summed E-state index contributed by atoms with van der Waals surface area (Å²) < 4.78 is 0. The number of nitrogens with one attached hydrogen (secondary N) is 1. The summed E-state index contributed by atoms with van der Waals surface area (Å²) in [5, 5.41) is 11.4. The van der Waals surface area contributed by atoms with Crippen LogP contribution in [0.25, 0.3) is 0 Å². The van der Waals surface area contributed by atoms with E-state index in [4.69, 9.17) is 5.11 Å². The van der Waals surface area contributed by atoms with E-state index in [9.17, 15) is 9.59 Å². The van der Waals surface area contributed by atoms with E-state index in [-0.39, 0.29) is 18.6 Å². The average molecular weight is 244 g/mol. The highest BCUT2D eigenvalue weighted by molar-refractivity contribution is 5.76. The Bertz CT molecular complexity index is 264. The average Bonchev–Trinajstić information content (AvgIpc) is 2.21. The van der Waals surface area contributed by atoms with Crippen molar-refractivity contribution in [3.05, 3.63) is 0 Å². The molecular formula is C12H24N2O3. The summed E-state index contributed by atoms with van der Waals surface area (Å²) in [7, 11) is 0. The van der Waals surface area contributed by atoms with Crippen LogP contribution in [0.4, 0.5) is 4.79 Å². The van der Waals surface area contributed by atoms with Gasteiger partial charge < -0.3 is 15.3 Å². The number of nitrogens with zero attached hydrogens (tertiary/aromatic N) is 1. The van der Waals surface area contributed by atoms with Crippen molar-refractivity contribution < 1.29 is 14.7 Å². The minimum absolute atomic E-state index is 0.109. The van der Waals surface area contributed by atoms with Gasteiger partial charge in [-0.1, -0.05) is 20.8 Å². The molecule has 1 atom stereocenters. The van der Waals surface area contributed by atoms with Gasteiger partial charge in [0.25, 0.3) is 0 Å². The number of carboxylic acid groups (broad SMARTS) is 1. The van der Waals surface area contributed by atoms with Crippen LogP contribution in [0.1, 0.15) is 34.6 Å². The number of amides is 2. The summed E-state index contributed by atoms with van der Waals surface area (Å²) in [4.78, 5) is 24.2. The Hall–Kier alpha value is -1.26. The molecule has 0 saturated carbocycles. The van der Waals surface area contributed by atoms with Gasteiger partial charge in [-0.15, -0.1) is 0 Å². The van der Waals surface area contributed by atoms with E-state index in [0.29, 0.717) is 12.5 Å². The van der Waals surface area contributed by atoms with Gasteiger partial charge in [0.1, 0.15) is 0 Å². The molecule has 5 heteroatoms. The molecule has 0 saturated heterocycles. The highest BCUT2D eigenvalue weighted by Gasteiger charge is 2.19. The Labute approximate surface area is 103 Å². The number of carboxylic acids is 1. The van der Waals surface area contributed by atoms with Gasteiger partial charge in [0.15, 0.2) is 0 Å². The third kappa shape index (κ3) is 6.14. The van der Waals surface area contributed by atoms with E-state index in [2.05, 4.69) is 5.32 Å². The number of hydrogen-bond donors (Lipinski definition) is 2. The number of aliphatic carboxylic acids is 1. The molecule has 100 valence electrons. The number of hydrogen-bond acceptors (Lipinski definition) is 2. The first kappa shape index (κ1) is 15.7. The Kier molecular flexibility index (Phi) is 6.61. The molecule has 0 aliphatic rings. The van der Waals surface area contributed by atoms with Crippen molar-refractivity contribution in [3.63, 3.8) is 0 Å². The lowest BCUT2D eigenvalue weighted by Crippen LogP contribution is -2.47. The molecule has 0 radical (unpaired) electrons. The molecule has 0 aromatic rings. The quantitative estimate of drug-likeness (QED) is 0.748. The molecule has 0 fully saturated rings. The summed E-state index contributed by atoms with van der Waals surface area (Å²) in [6.45, 7) is 10.4. The SMILES string of the molecule is CC(C)CN(C(=O)NCC(C)C(=O)O)C(C)C. The molecule has 0 aromatic carbocycles. The molecule has 2 amide bonds. The molecule has 2 N–H and O–H groups in total. The number of carbonyl (C=O) groups excluding carboxylic acids is 1. The maximum Gasteiger partial charge on any atom is 0.317 e. The second-order valence-electron chi connectivity index (χ2n) is 5.07. The van der Waals surface area contributed by atoms with Gasteiger partial charge in [0.05, 0.1) is 5.92 Å². The van der Waals surface area contributed by atoms with Crippen molar-refractivity contribution in [2.24, 2.45) is 11.8 Å². The van der Waals surface area contributed by atoms with E-state index < -0.39 is 11.9 Å². The van der Waals surface area contributed by atoms with Gasteiger partial charge in [0.2, 0.25) is 0 Å². The molecule has 0 aromatic heterocycles. The van der Waals surface area contributed by atoms with Gasteiger partial charge in [-0.2, -0.15) is 0 Å². The van der Waals surface area contributed by atoms with Crippen LogP contribution in [0.5, 0.6) is 0 Å². The molecule has 0 bridgehead atoms. The standard InChI is InChI=1S/C12H24N2O3/c1-8(2)7-14(9(3)4)12(17)13-6-10(5)11(15)16/h8-10H,6-7H2,1-5H3,(H,13,17)(H,15,16). The van der Waals surface area contributed by atoms with Gasteiger partial charge in [0, 0.05) is 19.1 Å². The van der Waals surface area contributed by atoms with Crippen LogP contribution >= 0.6 is 0 Å². The van der Waals surface area contributed by atoms with E-state index in [1.54, 1.807) is 11.8 Å². The fourth-order valence-electron chi connectivity index (χ4n) is 1.35. The fourth-order valence-corrected chi connectivity index (χ4v) is 1.35. The van der Waals surface area contributed by atoms with Crippen LogP contribution in [0, 0.1) is 11.8 Å². The van der Waals surface area contributed by atoms with Crippen LogP contribution in [0.2, 0.25) is 0 Å². The minimum atomic E-state index is -0.898. The minimum Gasteiger partial charge on any atom is -0.481 e. The lowest BCUT2D eigenvalue weighted by Gasteiger charge is -2.29. The summed E-state index contributed by atoms with van der Waals surface area (Å²) in [5.74, 6) is -1.07. The molecule has 0 spiro atoms. The van der Waals surface area contributed by atoms with Crippen LogP contribution in [0.3, 0.4) is 0 Å². The highest BCUT2D eigenvalue weighted by Crippen LogP contribution is 2.05. The first-order valence-corrected chi connectivity index (χ1v) is 6.03. The second kappa shape index (κ2) is 7.14. The lowest BCUT2D eigenvalue weighted by atomic mass is 10.2. The molecule has 0 rings (SSSR count). The molecular weight excluding hydrogens is 220 g/mol. The van der Waals surface area contributed by atoms with Crippen LogP contribution in [-0.2, 0) is 4.79 Å². The molecule has 5 nitrogen and oxygen atoms in total. The molecule has 17 heavy (non-hydrogen) atoms. The Morgan fingerprint density at radius 3 is 2.06 bits per heavy atom. The van der Waals surface area contributed by atoms with Crippen LogP contribution < -0.4 is 5.32 Å². The largest absolute Gasteiger partial charge is 0.481 e. The predicted molar refractivity (Wildman–Crippen MR) is 66.9 cm³/mol. The van der Waals surface area contributed by atoms with Crippen molar-refractivity contribution in [1.82, 2.24) is 10.2 Å². The smallest absolute Gasteiger partial charge is 0.317 e. The first-order valence-electron chi connectivity index (χ1n) is 6.03. The van der Waals surface area contributed by atoms with Crippen LogP contribution in [-0.4, -0.2) is 41.1 Å². The topological polar surface area (TPSA) is 69.6 Å². The maximum absolute atomic E-state index is 11.9. The van der Waals surface area contributed by atoms with E-state index in [1.165, 1.54) is 0 Å². The van der Waals surface area contributed by atoms with Crippen molar-refractivity contribution in [2.45, 2.75) is 40.7 Å². The Morgan fingerprint density at radius 2 is 1.71 bits per heavy atom. The number of rotatable bonds is 6. The second-order valence-corrected chi connectivity index (χ2v) is 5.07.